The van der Waals surface area contributed by atoms with E-state index in [2.05, 4.69) is 5.16 Å². The molecule has 4 heteroatoms. The van der Waals surface area contributed by atoms with Gasteiger partial charge in [-0.2, -0.15) is 0 Å². The molecule has 0 spiro atoms. The molecule has 1 atom stereocenters. The van der Waals surface area contributed by atoms with Crippen molar-refractivity contribution in [3.05, 3.63) is 0 Å². The Morgan fingerprint density at radius 2 is 2.08 bits per heavy atom. The summed E-state index contributed by atoms with van der Waals surface area (Å²) in [6.45, 7) is 0. The molecule has 1 rings (SSSR count). The minimum absolute atomic E-state index is 0.203. The Bertz CT molecular complexity index is 176. The first-order valence-electron chi connectivity index (χ1n) is 4.79. The van der Waals surface area contributed by atoms with Crippen LogP contribution in [0, 0.1) is 5.92 Å². The van der Waals surface area contributed by atoms with Crippen molar-refractivity contribution >= 4 is 5.84 Å². The number of ether oxygens (including phenoxy) is 1. The van der Waals surface area contributed by atoms with Crippen molar-refractivity contribution in [1.29, 1.82) is 0 Å². The van der Waals surface area contributed by atoms with Gasteiger partial charge < -0.3 is 15.7 Å². The summed E-state index contributed by atoms with van der Waals surface area (Å²) >= 11 is 0. The highest BCUT2D eigenvalue weighted by Crippen LogP contribution is 2.27. The Hall–Kier alpha value is -0.770. The normalized spacial score (nSPS) is 23.0. The van der Waals surface area contributed by atoms with Gasteiger partial charge in [0.25, 0.3) is 0 Å². The average Bonchev–Trinajstić information content (AvgIpc) is 2.20. The molecular formula is C9H18N2O2. The van der Waals surface area contributed by atoms with Crippen LogP contribution in [0.5, 0.6) is 0 Å². The highest BCUT2D eigenvalue weighted by Gasteiger charge is 2.26. The summed E-state index contributed by atoms with van der Waals surface area (Å²) < 4.78 is 5.23. The van der Waals surface area contributed by atoms with Crippen molar-refractivity contribution in [1.82, 2.24) is 0 Å². The van der Waals surface area contributed by atoms with Crippen LogP contribution in [0.15, 0.2) is 5.16 Å². The molecule has 13 heavy (non-hydrogen) atoms. The van der Waals surface area contributed by atoms with Gasteiger partial charge in [0.05, 0.1) is 0 Å². The fourth-order valence-corrected chi connectivity index (χ4v) is 2.05. The smallest absolute Gasteiger partial charge is 0.168 e. The molecule has 0 saturated heterocycles. The standard InChI is InChI=1S/C9H18N2O2/c1-13-8(9(10)11-12)7-5-3-2-4-6-7/h7-8,12H,2-6H2,1H3,(H2,10,11). The largest absolute Gasteiger partial charge is 0.409 e. The van der Waals surface area contributed by atoms with E-state index in [1.54, 1.807) is 7.11 Å². The first-order chi connectivity index (χ1) is 6.29. The van der Waals surface area contributed by atoms with E-state index in [0.717, 1.165) is 12.8 Å². The number of nitrogens with zero attached hydrogens (tertiary/aromatic N) is 1. The maximum absolute atomic E-state index is 8.55. The topological polar surface area (TPSA) is 67.8 Å². The Labute approximate surface area is 78.7 Å². The monoisotopic (exact) mass is 186 g/mol. The van der Waals surface area contributed by atoms with Crippen molar-refractivity contribution in [2.75, 3.05) is 7.11 Å². The lowest BCUT2D eigenvalue weighted by Gasteiger charge is -2.27. The fourth-order valence-electron chi connectivity index (χ4n) is 2.05. The minimum Gasteiger partial charge on any atom is -0.409 e. The van der Waals surface area contributed by atoms with Gasteiger partial charge >= 0.3 is 0 Å². The van der Waals surface area contributed by atoms with Gasteiger partial charge in [-0.1, -0.05) is 24.4 Å². The number of oxime groups is 1. The Kier molecular flexibility index (Phi) is 4.02. The number of hydrogen-bond donors (Lipinski definition) is 2. The van der Waals surface area contributed by atoms with Gasteiger partial charge in [-0.05, 0) is 18.8 Å². The molecule has 0 aromatic carbocycles. The average molecular weight is 186 g/mol. The van der Waals surface area contributed by atoms with Crippen molar-refractivity contribution in [2.24, 2.45) is 16.8 Å². The molecule has 4 nitrogen and oxygen atoms in total. The zero-order chi connectivity index (χ0) is 9.68. The van der Waals surface area contributed by atoms with Crippen LogP contribution >= 0.6 is 0 Å². The predicted molar refractivity (Wildman–Crippen MR) is 50.8 cm³/mol. The van der Waals surface area contributed by atoms with Gasteiger partial charge in [0.1, 0.15) is 6.10 Å². The third kappa shape index (κ3) is 2.59. The molecule has 1 aliphatic rings. The second-order valence-corrected chi connectivity index (χ2v) is 3.58. The van der Waals surface area contributed by atoms with E-state index in [1.807, 2.05) is 0 Å². The Balaban J connectivity index is 2.53. The first kappa shape index (κ1) is 10.3. The molecule has 0 amide bonds. The van der Waals surface area contributed by atoms with Gasteiger partial charge in [-0.3, -0.25) is 0 Å². The molecular weight excluding hydrogens is 168 g/mol. The number of rotatable bonds is 3. The molecule has 3 N–H and O–H groups in total. The van der Waals surface area contributed by atoms with Crippen LogP contribution in [0.3, 0.4) is 0 Å². The minimum atomic E-state index is -0.203. The number of hydrogen-bond acceptors (Lipinski definition) is 3. The Morgan fingerprint density at radius 1 is 1.46 bits per heavy atom. The van der Waals surface area contributed by atoms with Crippen LogP contribution in [0.4, 0.5) is 0 Å². The van der Waals surface area contributed by atoms with Crippen LogP contribution in [-0.4, -0.2) is 24.3 Å². The van der Waals surface area contributed by atoms with E-state index >= 15 is 0 Å². The van der Waals surface area contributed by atoms with Gasteiger partial charge in [0, 0.05) is 7.11 Å². The molecule has 0 bridgehead atoms. The Morgan fingerprint density at radius 3 is 2.54 bits per heavy atom. The van der Waals surface area contributed by atoms with Crippen LogP contribution < -0.4 is 5.73 Å². The first-order valence-corrected chi connectivity index (χ1v) is 4.79. The highest BCUT2D eigenvalue weighted by atomic mass is 16.5. The van der Waals surface area contributed by atoms with E-state index in [-0.39, 0.29) is 11.9 Å². The van der Waals surface area contributed by atoms with Gasteiger partial charge in [-0.25, -0.2) is 0 Å². The number of methoxy groups -OCH3 is 1. The lowest BCUT2D eigenvalue weighted by atomic mass is 9.85. The summed E-state index contributed by atoms with van der Waals surface area (Å²) in [4.78, 5) is 0. The maximum atomic E-state index is 8.55. The van der Waals surface area contributed by atoms with Crippen molar-refractivity contribution < 1.29 is 9.94 Å². The molecule has 1 saturated carbocycles. The number of amidine groups is 1. The van der Waals surface area contributed by atoms with E-state index < -0.39 is 0 Å². The summed E-state index contributed by atoms with van der Waals surface area (Å²) in [6.07, 6.45) is 5.78. The molecule has 0 aromatic heterocycles. The van der Waals surface area contributed by atoms with Gasteiger partial charge in [-0.15, -0.1) is 0 Å². The van der Waals surface area contributed by atoms with Crippen molar-refractivity contribution in [3.8, 4) is 0 Å². The van der Waals surface area contributed by atoms with E-state index in [4.69, 9.17) is 15.7 Å². The lowest BCUT2D eigenvalue weighted by Crippen LogP contribution is -2.38. The van der Waals surface area contributed by atoms with E-state index in [9.17, 15) is 0 Å². The molecule has 1 aliphatic carbocycles. The second-order valence-electron chi connectivity index (χ2n) is 3.58. The zero-order valence-electron chi connectivity index (χ0n) is 8.07. The number of nitrogens with two attached hydrogens (primary N) is 1. The molecule has 0 aromatic rings. The molecule has 1 fully saturated rings. The van der Waals surface area contributed by atoms with Gasteiger partial charge in [0.2, 0.25) is 0 Å². The van der Waals surface area contributed by atoms with E-state index in [0.29, 0.717) is 5.92 Å². The molecule has 0 aliphatic heterocycles. The summed E-state index contributed by atoms with van der Waals surface area (Å²) in [6, 6.07) is 0. The van der Waals surface area contributed by atoms with Crippen LogP contribution in [-0.2, 0) is 4.74 Å². The fraction of sp³-hybridized carbons (Fsp3) is 0.889. The summed E-state index contributed by atoms with van der Waals surface area (Å²) in [7, 11) is 1.61. The third-order valence-corrected chi connectivity index (χ3v) is 2.74. The van der Waals surface area contributed by atoms with Crippen LogP contribution in [0.1, 0.15) is 32.1 Å². The van der Waals surface area contributed by atoms with Gasteiger partial charge in [0.15, 0.2) is 5.84 Å². The van der Waals surface area contributed by atoms with Crippen molar-refractivity contribution in [2.45, 2.75) is 38.2 Å². The molecule has 0 radical (unpaired) electrons. The molecule has 76 valence electrons. The van der Waals surface area contributed by atoms with Crippen molar-refractivity contribution in [3.63, 3.8) is 0 Å². The lowest BCUT2D eigenvalue weighted by molar-refractivity contribution is 0.0823. The molecule has 1 unspecified atom stereocenters. The third-order valence-electron chi connectivity index (χ3n) is 2.74. The SMILES string of the molecule is COC(C(N)=NO)C1CCCCC1. The maximum Gasteiger partial charge on any atom is 0.168 e. The van der Waals surface area contributed by atoms with E-state index in [1.165, 1.54) is 19.3 Å². The highest BCUT2D eigenvalue weighted by molar-refractivity contribution is 5.84. The summed E-state index contributed by atoms with van der Waals surface area (Å²) in [5, 5.41) is 11.6. The predicted octanol–water partition coefficient (Wildman–Crippen LogP) is 1.33. The summed E-state index contributed by atoms with van der Waals surface area (Å²) in [5.41, 5.74) is 5.53. The second kappa shape index (κ2) is 5.07. The quantitative estimate of drug-likeness (QED) is 0.302. The molecule has 0 heterocycles. The zero-order valence-corrected chi connectivity index (χ0v) is 8.07. The van der Waals surface area contributed by atoms with Crippen LogP contribution in [0.2, 0.25) is 0 Å². The van der Waals surface area contributed by atoms with Crippen LogP contribution in [0.25, 0.3) is 0 Å². The summed E-state index contributed by atoms with van der Waals surface area (Å²) in [5.74, 6) is 0.629.